The van der Waals surface area contributed by atoms with Crippen LogP contribution in [0.2, 0.25) is 0 Å². The zero-order valence-electron chi connectivity index (χ0n) is 14.3. The Kier molecular flexibility index (Phi) is 5.73. The molecule has 0 radical (unpaired) electrons. The van der Waals surface area contributed by atoms with E-state index in [0.717, 1.165) is 22.9 Å². The lowest BCUT2D eigenvalue weighted by atomic mass is 10.1. The first-order valence-electron chi connectivity index (χ1n) is 8.29. The molecule has 1 saturated carbocycles. The summed E-state index contributed by atoms with van der Waals surface area (Å²) in [5, 5.41) is 5.70. The van der Waals surface area contributed by atoms with Gasteiger partial charge in [-0.3, -0.25) is 9.59 Å². The number of para-hydroxylation sites is 1. The number of amides is 2. The SMILES string of the molecule is COc1ccc(Br)cc1/C=C/C(=O)Nc1ccccc1C(=O)NC1CC1. The van der Waals surface area contributed by atoms with Crippen molar-refractivity contribution in [3.8, 4) is 5.75 Å². The fraction of sp³-hybridized carbons (Fsp3) is 0.200. The first kappa shape index (κ1) is 18.2. The first-order valence-corrected chi connectivity index (χ1v) is 9.08. The highest BCUT2D eigenvalue weighted by molar-refractivity contribution is 9.10. The summed E-state index contributed by atoms with van der Waals surface area (Å²) in [6.45, 7) is 0. The highest BCUT2D eigenvalue weighted by atomic mass is 79.9. The number of methoxy groups -OCH3 is 1. The lowest BCUT2D eigenvalue weighted by molar-refractivity contribution is -0.111. The van der Waals surface area contributed by atoms with Crippen molar-refractivity contribution >= 4 is 39.5 Å². The zero-order valence-corrected chi connectivity index (χ0v) is 15.9. The molecule has 26 heavy (non-hydrogen) atoms. The van der Waals surface area contributed by atoms with Crippen LogP contribution in [0.1, 0.15) is 28.8 Å². The van der Waals surface area contributed by atoms with Crippen LogP contribution in [-0.4, -0.2) is 25.0 Å². The van der Waals surface area contributed by atoms with Gasteiger partial charge in [-0.05, 0) is 49.2 Å². The largest absolute Gasteiger partial charge is 0.496 e. The molecule has 0 aromatic heterocycles. The maximum absolute atomic E-state index is 12.3. The van der Waals surface area contributed by atoms with Crippen LogP contribution < -0.4 is 15.4 Å². The van der Waals surface area contributed by atoms with Gasteiger partial charge in [-0.2, -0.15) is 0 Å². The molecule has 0 unspecified atom stereocenters. The van der Waals surface area contributed by atoms with Crippen molar-refractivity contribution < 1.29 is 14.3 Å². The van der Waals surface area contributed by atoms with Crippen molar-refractivity contribution in [1.29, 1.82) is 0 Å². The average Bonchev–Trinajstić information content (AvgIpc) is 3.44. The van der Waals surface area contributed by atoms with Gasteiger partial charge in [0.2, 0.25) is 5.91 Å². The molecule has 2 aromatic rings. The van der Waals surface area contributed by atoms with Crippen molar-refractivity contribution in [3.63, 3.8) is 0 Å². The van der Waals surface area contributed by atoms with Crippen LogP contribution in [-0.2, 0) is 4.79 Å². The van der Waals surface area contributed by atoms with E-state index in [1.165, 1.54) is 6.08 Å². The summed E-state index contributed by atoms with van der Waals surface area (Å²) in [6, 6.07) is 12.8. The molecule has 5 nitrogen and oxygen atoms in total. The van der Waals surface area contributed by atoms with Crippen LogP contribution in [0, 0.1) is 0 Å². The number of carbonyl (C=O) groups is 2. The predicted octanol–water partition coefficient (Wildman–Crippen LogP) is 4.00. The van der Waals surface area contributed by atoms with Gasteiger partial charge in [0.1, 0.15) is 5.75 Å². The second-order valence-corrected chi connectivity index (χ2v) is 6.92. The molecular formula is C20H19BrN2O3. The van der Waals surface area contributed by atoms with Crippen molar-refractivity contribution in [2.45, 2.75) is 18.9 Å². The quantitative estimate of drug-likeness (QED) is 0.701. The van der Waals surface area contributed by atoms with Crippen molar-refractivity contribution in [2.24, 2.45) is 0 Å². The van der Waals surface area contributed by atoms with Gasteiger partial charge in [0, 0.05) is 22.2 Å². The number of hydrogen-bond acceptors (Lipinski definition) is 3. The Labute approximate surface area is 160 Å². The summed E-state index contributed by atoms with van der Waals surface area (Å²) in [7, 11) is 1.58. The lowest BCUT2D eigenvalue weighted by Crippen LogP contribution is -2.26. The first-order chi connectivity index (χ1) is 12.6. The van der Waals surface area contributed by atoms with E-state index >= 15 is 0 Å². The minimum absolute atomic E-state index is 0.166. The van der Waals surface area contributed by atoms with Gasteiger partial charge in [0.05, 0.1) is 18.4 Å². The molecule has 2 N–H and O–H groups in total. The van der Waals surface area contributed by atoms with Crippen LogP contribution in [0.25, 0.3) is 6.08 Å². The van der Waals surface area contributed by atoms with E-state index < -0.39 is 0 Å². The molecule has 6 heteroatoms. The van der Waals surface area contributed by atoms with Gasteiger partial charge in [-0.1, -0.05) is 28.1 Å². The number of halogens is 1. The molecule has 0 heterocycles. The summed E-state index contributed by atoms with van der Waals surface area (Å²) in [5.74, 6) is 0.182. The molecular weight excluding hydrogens is 396 g/mol. The third kappa shape index (κ3) is 4.73. The lowest BCUT2D eigenvalue weighted by Gasteiger charge is -2.10. The molecule has 1 aliphatic carbocycles. The maximum Gasteiger partial charge on any atom is 0.253 e. The molecule has 2 amide bonds. The van der Waals surface area contributed by atoms with Gasteiger partial charge in [-0.25, -0.2) is 0 Å². The topological polar surface area (TPSA) is 67.4 Å². The van der Waals surface area contributed by atoms with E-state index in [1.54, 1.807) is 37.5 Å². The van der Waals surface area contributed by atoms with Crippen molar-refractivity contribution in [2.75, 3.05) is 12.4 Å². The smallest absolute Gasteiger partial charge is 0.253 e. The molecule has 0 atom stereocenters. The summed E-state index contributed by atoms with van der Waals surface area (Å²) in [6.07, 6.45) is 5.11. The molecule has 0 aliphatic heterocycles. The molecule has 1 aliphatic rings. The second-order valence-electron chi connectivity index (χ2n) is 6.00. The van der Waals surface area contributed by atoms with Crippen molar-refractivity contribution in [1.82, 2.24) is 5.32 Å². The van der Waals surface area contributed by atoms with E-state index in [1.807, 2.05) is 18.2 Å². The Morgan fingerprint density at radius 3 is 2.69 bits per heavy atom. The molecule has 0 bridgehead atoms. The Hall–Kier alpha value is -2.60. The highest BCUT2D eigenvalue weighted by Crippen LogP contribution is 2.24. The predicted molar refractivity (Wildman–Crippen MR) is 105 cm³/mol. The van der Waals surface area contributed by atoms with Crippen LogP contribution in [0.4, 0.5) is 5.69 Å². The minimum Gasteiger partial charge on any atom is -0.496 e. The number of benzene rings is 2. The van der Waals surface area contributed by atoms with Gasteiger partial charge >= 0.3 is 0 Å². The van der Waals surface area contributed by atoms with Gasteiger partial charge in [0.25, 0.3) is 5.91 Å². The third-order valence-electron chi connectivity index (χ3n) is 3.95. The Morgan fingerprint density at radius 1 is 1.19 bits per heavy atom. The summed E-state index contributed by atoms with van der Waals surface area (Å²) in [4.78, 5) is 24.6. The number of carbonyl (C=O) groups excluding carboxylic acids is 2. The number of hydrogen-bond donors (Lipinski definition) is 2. The summed E-state index contributed by atoms with van der Waals surface area (Å²) < 4.78 is 6.18. The molecule has 2 aromatic carbocycles. The van der Waals surface area contributed by atoms with Crippen LogP contribution in [0.15, 0.2) is 53.0 Å². The summed E-state index contributed by atoms with van der Waals surface area (Å²) >= 11 is 3.40. The monoisotopic (exact) mass is 414 g/mol. The number of rotatable bonds is 6. The van der Waals surface area contributed by atoms with E-state index in [4.69, 9.17) is 4.74 Å². The normalized spacial score (nSPS) is 13.5. The highest BCUT2D eigenvalue weighted by Gasteiger charge is 2.24. The van der Waals surface area contributed by atoms with Crippen LogP contribution in [0.5, 0.6) is 5.75 Å². The molecule has 134 valence electrons. The fourth-order valence-electron chi connectivity index (χ4n) is 2.46. The van der Waals surface area contributed by atoms with E-state index in [0.29, 0.717) is 17.0 Å². The van der Waals surface area contributed by atoms with E-state index in [9.17, 15) is 9.59 Å². The third-order valence-corrected chi connectivity index (χ3v) is 4.44. The molecule has 1 fully saturated rings. The minimum atomic E-state index is -0.321. The van der Waals surface area contributed by atoms with Crippen molar-refractivity contribution in [3.05, 3.63) is 64.1 Å². The fourth-order valence-corrected chi connectivity index (χ4v) is 2.84. The molecule has 0 saturated heterocycles. The Bertz CT molecular complexity index is 860. The van der Waals surface area contributed by atoms with Gasteiger partial charge in [-0.15, -0.1) is 0 Å². The molecule has 3 rings (SSSR count). The number of nitrogens with one attached hydrogen (secondary N) is 2. The van der Waals surface area contributed by atoms with E-state index in [2.05, 4.69) is 26.6 Å². The Balaban J connectivity index is 1.72. The number of ether oxygens (including phenoxy) is 1. The molecule has 0 spiro atoms. The van der Waals surface area contributed by atoms with Gasteiger partial charge in [0.15, 0.2) is 0 Å². The van der Waals surface area contributed by atoms with Gasteiger partial charge < -0.3 is 15.4 Å². The van der Waals surface area contributed by atoms with Crippen LogP contribution >= 0.6 is 15.9 Å². The Morgan fingerprint density at radius 2 is 1.96 bits per heavy atom. The summed E-state index contributed by atoms with van der Waals surface area (Å²) in [5.41, 5.74) is 1.72. The number of anilines is 1. The second kappa shape index (κ2) is 8.19. The average molecular weight is 415 g/mol. The van der Waals surface area contributed by atoms with Crippen LogP contribution in [0.3, 0.4) is 0 Å². The standard InChI is InChI=1S/C20H19BrN2O3/c1-26-18-10-7-14(21)12-13(18)6-11-19(24)23-17-5-3-2-4-16(17)20(25)22-15-8-9-15/h2-7,10-12,15H,8-9H2,1H3,(H,22,25)(H,23,24)/b11-6+. The maximum atomic E-state index is 12.3. The van der Waals surface area contributed by atoms with E-state index in [-0.39, 0.29) is 17.9 Å². The zero-order chi connectivity index (χ0) is 18.5.